The molecular formula is C47H56N10O4. The number of benzene rings is 3. The van der Waals surface area contributed by atoms with E-state index >= 15 is 0 Å². The van der Waals surface area contributed by atoms with Gasteiger partial charge < -0.3 is 35.3 Å². The maximum absolute atomic E-state index is 13.6. The molecule has 0 saturated carbocycles. The SMILES string of the molecule is Nc1nnc(-c2ccccc2O)cc1N1C[C@@H]2CC[C@@H](C1)N2c1cccc(CC2CCN(C(=O)CN3CCN(c4cccc5c4CCN5[C@@H]4CCC(=O)NC4=O)CC3)CC2)c1. The third-order valence-electron chi connectivity index (χ3n) is 14.2. The van der Waals surface area contributed by atoms with Gasteiger partial charge in [0.05, 0.1) is 17.9 Å². The Hall–Kier alpha value is -5.89. The van der Waals surface area contributed by atoms with Crippen LogP contribution in [0, 0.1) is 5.92 Å². The molecular weight excluding hydrogens is 769 g/mol. The zero-order chi connectivity index (χ0) is 41.6. The standard InChI is InChI=1S/C47H56N10O4/c48-46-42(27-38(50-51-46)36-7-1-2-10-43(36)58)55-28-34-11-12-35(29-55)57(34)33-6-3-5-32(26-33)25-31-15-18-54(19-16-31)45(60)30-52-21-23-53(24-22-52)39-8-4-9-40-37(39)17-20-56(40)41-13-14-44(59)49-47(41)61/h1-10,26-27,31,34-35,41,58H,11-25,28-30H2,(H2,48,51)(H,49,59,61)/t34-,35-,41+/m0/s1. The van der Waals surface area contributed by atoms with Gasteiger partial charge in [-0.2, -0.15) is 0 Å². The van der Waals surface area contributed by atoms with Crippen molar-refractivity contribution in [1.82, 2.24) is 25.3 Å². The van der Waals surface area contributed by atoms with Crippen molar-refractivity contribution in [3.8, 4) is 17.0 Å². The van der Waals surface area contributed by atoms with Gasteiger partial charge in [0, 0.05) is 106 Å². The van der Waals surface area contributed by atoms with Crippen LogP contribution in [-0.2, 0) is 27.2 Å². The molecule has 2 bridgehead atoms. The van der Waals surface area contributed by atoms with E-state index in [0.717, 1.165) is 109 Å². The van der Waals surface area contributed by atoms with E-state index in [1.165, 1.54) is 22.5 Å². The topological polar surface area (TPSA) is 155 Å². The minimum atomic E-state index is -0.297. The second-order valence-corrected chi connectivity index (χ2v) is 17.9. The molecule has 5 saturated heterocycles. The van der Waals surface area contributed by atoms with Gasteiger partial charge in [-0.25, -0.2) is 0 Å². The molecule has 318 valence electrons. The lowest BCUT2D eigenvalue weighted by Crippen LogP contribution is -2.54. The highest BCUT2D eigenvalue weighted by Gasteiger charge is 2.41. The summed E-state index contributed by atoms with van der Waals surface area (Å²) in [5.41, 5.74) is 14.8. The number of para-hydroxylation sites is 1. The quantitative estimate of drug-likeness (QED) is 0.209. The molecule has 0 spiro atoms. The fourth-order valence-electron chi connectivity index (χ4n) is 11.0. The van der Waals surface area contributed by atoms with Gasteiger partial charge in [0.1, 0.15) is 11.8 Å². The zero-order valence-corrected chi connectivity index (χ0v) is 34.8. The number of imide groups is 1. The van der Waals surface area contributed by atoms with Crippen LogP contribution in [0.3, 0.4) is 0 Å². The monoisotopic (exact) mass is 824 g/mol. The Morgan fingerprint density at radius 2 is 1.51 bits per heavy atom. The number of nitrogens with zero attached hydrogens (tertiary/aromatic N) is 8. The molecule has 6 aliphatic heterocycles. The number of hydrogen-bond donors (Lipinski definition) is 3. The van der Waals surface area contributed by atoms with Gasteiger partial charge in [0.25, 0.3) is 0 Å². The first-order valence-electron chi connectivity index (χ1n) is 22.3. The van der Waals surface area contributed by atoms with E-state index in [-0.39, 0.29) is 29.5 Å². The van der Waals surface area contributed by atoms with Crippen molar-refractivity contribution in [2.24, 2.45) is 5.92 Å². The summed E-state index contributed by atoms with van der Waals surface area (Å²) in [7, 11) is 0. The van der Waals surface area contributed by atoms with Gasteiger partial charge in [-0.1, -0.05) is 30.3 Å². The lowest BCUT2D eigenvalue weighted by atomic mass is 9.90. The van der Waals surface area contributed by atoms with Crippen molar-refractivity contribution in [3.63, 3.8) is 0 Å². The number of rotatable bonds is 9. The van der Waals surface area contributed by atoms with E-state index in [1.54, 1.807) is 12.1 Å². The molecule has 3 aromatic carbocycles. The predicted molar refractivity (Wildman–Crippen MR) is 237 cm³/mol. The number of fused-ring (bicyclic) bond motifs is 3. The number of likely N-dealkylation sites (tertiary alicyclic amines) is 1. The molecule has 5 fully saturated rings. The third kappa shape index (κ3) is 7.82. The van der Waals surface area contributed by atoms with Gasteiger partial charge in [0.2, 0.25) is 17.7 Å². The number of phenolic OH excluding ortho intramolecular Hbond substituents is 1. The van der Waals surface area contributed by atoms with Crippen LogP contribution in [0.1, 0.15) is 49.7 Å². The maximum atomic E-state index is 13.6. The molecule has 0 radical (unpaired) electrons. The smallest absolute Gasteiger partial charge is 0.249 e. The first-order valence-corrected chi connectivity index (χ1v) is 22.3. The van der Waals surface area contributed by atoms with Gasteiger partial charge in [-0.3, -0.25) is 24.6 Å². The molecule has 61 heavy (non-hydrogen) atoms. The highest BCUT2D eigenvalue weighted by atomic mass is 16.3. The number of nitrogen functional groups attached to an aromatic ring is 1. The number of hydrogen-bond acceptors (Lipinski definition) is 12. The van der Waals surface area contributed by atoms with Gasteiger partial charge in [0.15, 0.2) is 5.82 Å². The Morgan fingerprint density at radius 1 is 0.754 bits per heavy atom. The van der Waals surface area contributed by atoms with Crippen LogP contribution >= 0.6 is 0 Å². The summed E-state index contributed by atoms with van der Waals surface area (Å²) in [6.07, 6.45) is 7.14. The van der Waals surface area contributed by atoms with Crippen LogP contribution in [0.25, 0.3) is 11.3 Å². The fraction of sp³-hybridized carbons (Fsp3) is 0.468. The number of aromatic nitrogens is 2. The van der Waals surface area contributed by atoms with E-state index in [9.17, 15) is 19.5 Å². The lowest BCUT2D eigenvalue weighted by molar-refractivity contribution is -0.135. The van der Waals surface area contributed by atoms with E-state index in [1.807, 2.05) is 18.2 Å². The summed E-state index contributed by atoms with van der Waals surface area (Å²) in [5, 5.41) is 21.5. The molecule has 4 N–H and O–H groups in total. The first-order chi connectivity index (χ1) is 29.8. The number of aromatic hydroxyl groups is 1. The van der Waals surface area contributed by atoms with Crippen molar-refractivity contribution in [2.45, 2.75) is 69.5 Å². The third-order valence-corrected chi connectivity index (χ3v) is 14.2. The number of anilines is 5. The molecule has 1 aromatic heterocycles. The van der Waals surface area contributed by atoms with Gasteiger partial charge >= 0.3 is 0 Å². The van der Waals surface area contributed by atoms with Crippen LogP contribution in [-0.4, -0.2) is 126 Å². The summed E-state index contributed by atoms with van der Waals surface area (Å²) in [6.45, 7) is 7.97. The molecule has 7 heterocycles. The Balaban J connectivity index is 0.699. The number of piperazine rings is 2. The van der Waals surface area contributed by atoms with Crippen molar-refractivity contribution in [1.29, 1.82) is 0 Å². The van der Waals surface area contributed by atoms with Crippen LogP contribution in [0.15, 0.2) is 72.8 Å². The van der Waals surface area contributed by atoms with E-state index in [0.29, 0.717) is 54.5 Å². The Labute approximate surface area is 357 Å². The van der Waals surface area contributed by atoms with Crippen molar-refractivity contribution >= 4 is 46.3 Å². The maximum Gasteiger partial charge on any atom is 0.249 e. The molecule has 0 aliphatic carbocycles. The number of carbonyl (C=O) groups is 3. The first kappa shape index (κ1) is 39.3. The zero-order valence-electron chi connectivity index (χ0n) is 34.8. The normalized spacial score (nSPS) is 23.4. The molecule has 3 atom stereocenters. The van der Waals surface area contributed by atoms with Gasteiger partial charge in [-0.15, -0.1) is 10.2 Å². The minimum Gasteiger partial charge on any atom is -0.507 e. The highest BCUT2D eigenvalue weighted by Crippen LogP contribution is 2.41. The van der Waals surface area contributed by atoms with Crippen molar-refractivity contribution < 1.29 is 19.5 Å². The second kappa shape index (κ2) is 16.5. The predicted octanol–water partition coefficient (Wildman–Crippen LogP) is 4.06. The fourth-order valence-corrected chi connectivity index (χ4v) is 11.0. The van der Waals surface area contributed by atoms with Crippen LogP contribution in [0.5, 0.6) is 5.75 Å². The number of nitrogens with one attached hydrogen (secondary N) is 1. The molecule has 3 amide bonds. The Morgan fingerprint density at radius 3 is 2.28 bits per heavy atom. The molecule has 6 aliphatic rings. The van der Waals surface area contributed by atoms with E-state index < -0.39 is 0 Å². The van der Waals surface area contributed by atoms with Crippen LogP contribution in [0.2, 0.25) is 0 Å². The minimum absolute atomic E-state index is 0.175. The molecule has 14 heteroatoms. The number of carbonyl (C=O) groups excluding carboxylic acids is 3. The molecule has 0 unspecified atom stereocenters. The summed E-state index contributed by atoms with van der Waals surface area (Å²) in [4.78, 5) is 51.9. The average molecular weight is 825 g/mol. The molecule has 10 rings (SSSR count). The Bertz CT molecular complexity index is 2290. The summed E-state index contributed by atoms with van der Waals surface area (Å²) < 4.78 is 0. The lowest BCUT2D eigenvalue weighted by Gasteiger charge is -2.43. The number of amides is 3. The molecule has 14 nitrogen and oxygen atoms in total. The van der Waals surface area contributed by atoms with Crippen LogP contribution < -0.4 is 30.7 Å². The van der Waals surface area contributed by atoms with Gasteiger partial charge in [-0.05, 0) is 98.9 Å². The summed E-state index contributed by atoms with van der Waals surface area (Å²) in [6, 6.07) is 25.1. The second-order valence-electron chi connectivity index (χ2n) is 17.9. The average Bonchev–Trinajstić information content (AvgIpc) is 3.82. The van der Waals surface area contributed by atoms with E-state index in [2.05, 4.69) is 87.4 Å². The van der Waals surface area contributed by atoms with E-state index in [4.69, 9.17) is 5.73 Å². The Kier molecular flexibility index (Phi) is 10.6. The van der Waals surface area contributed by atoms with Crippen LogP contribution in [0.4, 0.5) is 28.6 Å². The number of phenols is 1. The molecule has 4 aromatic rings. The summed E-state index contributed by atoms with van der Waals surface area (Å²) in [5.74, 6) is 1.01. The number of nitrogens with two attached hydrogens (primary N) is 1. The van der Waals surface area contributed by atoms with Crippen molar-refractivity contribution in [2.75, 3.05) is 90.8 Å². The van der Waals surface area contributed by atoms with Crippen molar-refractivity contribution in [3.05, 3.63) is 83.9 Å². The highest BCUT2D eigenvalue weighted by molar-refractivity contribution is 6.02. The largest absolute Gasteiger partial charge is 0.507 e. The number of piperidine rings is 2. The summed E-state index contributed by atoms with van der Waals surface area (Å²) >= 11 is 0.